The molecule has 1 heterocycles. The van der Waals surface area contributed by atoms with Gasteiger partial charge in [-0.3, -0.25) is 4.72 Å². The Morgan fingerprint density at radius 1 is 1.11 bits per heavy atom. The molecule has 1 saturated heterocycles. The SMILES string of the molecule is CC(C)C(F)(F)Cc1ccc(SNC2CNCC2c2ccc(Cl)c(Cl)c2)cc1. The van der Waals surface area contributed by atoms with E-state index >= 15 is 0 Å². The first-order chi connectivity index (χ1) is 13.3. The van der Waals surface area contributed by atoms with E-state index in [4.69, 9.17) is 23.2 Å². The normalized spacial score (nSPS) is 20.1. The minimum absolute atomic E-state index is 0.227. The zero-order valence-electron chi connectivity index (χ0n) is 15.8. The highest BCUT2D eigenvalue weighted by Crippen LogP contribution is 2.32. The van der Waals surface area contributed by atoms with Crippen molar-refractivity contribution in [2.45, 2.75) is 43.0 Å². The van der Waals surface area contributed by atoms with Crippen LogP contribution in [0.25, 0.3) is 0 Å². The molecule has 2 atom stereocenters. The minimum Gasteiger partial charge on any atom is -0.314 e. The lowest BCUT2D eigenvalue weighted by molar-refractivity contribution is -0.0439. The molecule has 7 heteroatoms. The minimum atomic E-state index is -2.69. The first-order valence-electron chi connectivity index (χ1n) is 9.31. The highest BCUT2D eigenvalue weighted by Gasteiger charge is 2.33. The molecule has 1 aliphatic rings. The van der Waals surface area contributed by atoms with E-state index in [1.165, 1.54) is 11.9 Å². The first-order valence-corrected chi connectivity index (χ1v) is 10.9. The van der Waals surface area contributed by atoms with Crippen molar-refractivity contribution in [2.75, 3.05) is 13.1 Å². The van der Waals surface area contributed by atoms with E-state index in [1.807, 2.05) is 30.3 Å². The fourth-order valence-electron chi connectivity index (χ4n) is 3.19. The molecule has 2 unspecified atom stereocenters. The molecular weight excluding hydrogens is 421 g/mol. The maximum atomic E-state index is 13.9. The average Bonchev–Trinajstić information content (AvgIpc) is 3.11. The van der Waals surface area contributed by atoms with Gasteiger partial charge in [0.05, 0.1) is 10.0 Å². The summed E-state index contributed by atoms with van der Waals surface area (Å²) in [7, 11) is 0. The fourth-order valence-corrected chi connectivity index (χ4v) is 4.30. The van der Waals surface area contributed by atoms with Crippen LogP contribution in [0.5, 0.6) is 0 Å². The number of hydrogen-bond donors (Lipinski definition) is 2. The second-order valence-corrected chi connectivity index (χ2v) is 9.23. The van der Waals surface area contributed by atoms with Crippen molar-refractivity contribution in [3.05, 3.63) is 63.6 Å². The predicted octanol–water partition coefficient (Wildman–Crippen LogP) is 6.18. The summed E-state index contributed by atoms with van der Waals surface area (Å²) in [4.78, 5) is 0.997. The quantitative estimate of drug-likeness (QED) is 0.498. The van der Waals surface area contributed by atoms with Gasteiger partial charge in [-0.25, -0.2) is 8.78 Å². The van der Waals surface area contributed by atoms with Crippen LogP contribution in [0.15, 0.2) is 47.4 Å². The van der Waals surface area contributed by atoms with Crippen molar-refractivity contribution in [2.24, 2.45) is 5.92 Å². The van der Waals surface area contributed by atoms with Gasteiger partial charge in [-0.15, -0.1) is 0 Å². The number of rotatable bonds is 7. The van der Waals surface area contributed by atoms with Crippen molar-refractivity contribution in [3.8, 4) is 0 Å². The van der Waals surface area contributed by atoms with Gasteiger partial charge in [0.25, 0.3) is 5.92 Å². The lowest BCUT2D eigenvalue weighted by Crippen LogP contribution is -2.30. The molecule has 1 fully saturated rings. The third-order valence-corrected chi connectivity index (χ3v) is 6.79. The predicted molar refractivity (Wildman–Crippen MR) is 115 cm³/mol. The molecule has 0 radical (unpaired) electrons. The highest BCUT2D eigenvalue weighted by atomic mass is 35.5. The Balaban J connectivity index is 1.59. The molecule has 0 bridgehead atoms. The summed E-state index contributed by atoms with van der Waals surface area (Å²) < 4.78 is 31.3. The Labute approximate surface area is 179 Å². The van der Waals surface area contributed by atoms with Crippen LogP contribution in [0, 0.1) is 5.92 Å². The maximum Gasteiger partial charge on any atom is 0.254 e. The fraction of sp³-hybridized carbons (Fsp3) is 0.429. The number of nitrogens with one attached hydrogen (secondary N) is 2. The second kappa shape index (κ2) is 9.31. The van der Waals surface area contributed by atoms with Crippen LogP contribution in [-0.4, -0.2) is 25.1 Å². The molecule has 28 heavy (non-hydrogen) atoms. The average molecular weight is 445 g/mol. The van der Waals surface area contributed by atoms with Crippen molar-refractivity contribution in [1.82, 2.24) is 10.0 Å². The molecule has 0 aromatic heterocycles. The van der Waals surface area contributed by atoms with Crippen LogP contribution in [-0.2, 0) is 6.42 Å². The first kappa shape index (κ1) is 21.8. The Morgan fingerprint density at radius 3 is 2.46 bits per heavy atom. The van der Waals surface area contributed by atoms with Crippen LogP contribution < -0.4 is 10.0 Å². The van der Waals surface area contributed by atoms with Crippen LogP contribution in [0.1, 0.15) is 30.9 Å². The highest BCUT2D eigenvalue weighted by molar-refractivity contribution is 7.97. The summed E-state index contributed by atoms with van der Waals surface area (Å²) in [5, 5.41) is 4.52. The molecule has 3 rings (SSSR count). The smallest absolute Gasteiger partial charge is 0.254 e. The van der Waals surface area contributed by atoms with E-state index in [-0.39, 0.29) is 18.4 Å². The van der Waals surface area contributed by atoms with Crippen molar-refractivity contribution < 1.29 is 8.78 Å². The molecule has 2 N–H and O–H groups in total. The lowest BCUT2D eigenvalue weighted by Gasteiger charge is -2.21. The van der Waals surface area contributed by atoms with Gasteiger partial charge in [0.15, 0.2) is 0 Å². The largest absolute Gasteiger partial charge is 0.314 e. The van der Waals surface area contributed by atoms with E-state index in [1.54, 1.807) is 26.0 Å². The third-order valence-electron chi connectivity index (χ3n) is 5.12. The number of benzene rings is 2. The van der Waals surface area contributed by atoms with Crippen molar-refractivity contribution in [3.63, 3.8) is 0 Å². The molecular formula is C21H24Cl2F2N2S. The van der Waals surface area contributed by atoms with E-state index in [0.717, 1.165) is 23.5 Å². The molecule has 2 aromatic rings. The third kappa shape index (κ3) is 5.39. The Morgan fingerprint density at radius 2 is 1.82 bits per heavy atom. The van der Waals surface area contributed by atoms with E-state index in [2.05, 4.69) is 10.0 Å². The van der Waals surface area contributed by atoms with Gasteiger partial charge in [0, 0.05) is 42.3 Å². The van der Waals surface area contributed by atoms with Crippen LogP contribution >= 0.6 is 35.1 Å². The maximum absolute atomic E-state index is 13.9. The standard InChI is InChI=1S/C21H24Cl2F2N2S/c1-13(2)21(24,25)10-14-3-6-16(7-4-14)28-27-20-12-26-11-17(20)15-5-8-18(22)19(23)9-15/h3-9,13,17,20,26-27H,10-12H2,1-2H3. The Bertz CT molecular complexity index is 799. The van der Waals surface area contributed by atoms with E-state index in [0.29, 0.717) is 15.6 Å². The lowest BCUT2D eigenvalue weighted by atomic mass is 9.95. The van der Waals surface area contributed by atoms with Crippen LogP contribution in [0.2, 0.25) is 10.0 Å². The van der Waals surface area contributed by atoms with Crippen LogP contribution in [0.4, 0.5) is 8.78 Å². The number of hydrogen-bond acceptors (Lipinski definition) is 3. The van der Waals surface area contributed by atoms with Crippen molar-refractivity contribution in [1.29, 1.82) is 0 Å². The van der Waals surface area contributed by atoms with Gasteiger partial charge in [-0.1, -0.05) is 55.2 Å². The molecule has 152 valence electrons. The summed E-state index contributed by atoms with van der Waals surface area (Å²) >= 11 is 13.7. The van der Waals surface area contributed by atoms with Gasteiger partial charge < -0.3 is 5.32 Å². The van der Waals surface area contributed by atoms with E-state index < -0.39 is 11.8 Å². The molecule has 0 saturated carbocycles. The monoisotopic (exact) mass is 444 g/mol. The number of alkyl halides is 2. The summed E-state index contributed by atoms with van der Waals surface area (Å²) in [5.41, 5.74) is 1.79. The topological polar surface area (TPSA) is 24.1 Å². The zero-order chi connectivity index (χ0) is 20.3. The van der Waals surface area contributed by atoms with Crippen molar-refractivity contribution >= 4 is 35.1 Å². The summed E-state index contributed by atoms with van der Waals surface area (Å²) in [6.45, 7) is 4.80. The summed E-state index contributed by atoms with van der Waals surface area (Å²) in [6, 6.07) is 13.3. The number of halogens is 4. The van der Waals surface area contributed by atoms with E-state index in [9.17, 15) is 8.78 Å². The zero-order valence-corrected chi connectivity index (χ0v) is 18.1. The van der Waals surface area contributed by atoms with Gasteiger partial charge >= 0.3 is 0 Å². The molecule has 0 aliphatic carbocycles. The second-order valence-electron chi connectivity index (χ2n) is 7.50. The van der Waals surface area contributed by atoms with Gasteiger partial charge in [-0.05, 0) is 47.3 Å². The Kier molecular flexibility index (Phi) is 7.26. The molecule has 0 spiro atoms. The molecule has 1 aliphatic heterocycles. The summed E-state index contributed by atoms with van der Waals surface area (Å²) in [6.07, 6.45) is -0.227. The molecule has 2 aromatic carbocycles. The Hall–Kier alpha value is -0.850. The summed E-state index contributed by atoms with van der Waals surface area (Å²) in [5.74, 6) is -3.07. The molecule has 0 amide bonds. The van der Waals surface area contributed by atoms with Gasteiger partial charge in [0.2, 0.25) is 0 Å². The van der Waals surface area contributed by atoms with Gasteiger partial charge in [0.1, 0.15) is 0 Å². The van der Waals surface area contributed by atoms with Crippen LogP contribution in [0.3, 0.4) is 0 Å². The molecule has 2 nitrogen and oxygen atoms in total. The van der Waals surface area contributed by atoms with Gasteiger partial charge in [-0.2, -0.15) is 0 Å².